The first-order valence-corrected chi connectivity index (χ1v) is 10.7. The van der Waals surface area contributed by atoms with Gasteiger partial charge >= 0.3 is 0 Å². The number of imide groups is 1. The number of amides is 4. The van der Waals surface area contributed by atoms with Crippen LogP contribution in [0.3, 0.4) is 0 Å². The molecule has 8 heteroatoms. The van der Waals surface area contributed by atoms with Crippen LogP contribution >= 0.6 is 0 Å². The number of carbonyl (C=O) groups excluding carboxylic acids is 4. The molecule has 4 rings (SSSR count). The summed E-state index contributed by atoms with van der Waals surface area (Å²) in [6.45, 7) is 1.83. The van der Waals surface area contributed by atoms with Gasteiger partial charge in [0.1, 0.15) is 11.8 Å². The molecule has 8 nitrogen and oxygen atoms in total. The molecule has 34 heavy (non-hydrogen) atoms. The van der Waals surface area contributed by atoms with Gasteiger partial charge < -0.3 is 4.74 Å². The summed E-state index contributed by atoms with van der Waals surface area (Å²) in [5.41, 5.74) is 4.25. The fourth-order valence-corrected chi connectivity index (χ4v) is 3.80. The van der Waals surface area contributed by atoms with Gasteiger partial charge in [-0.25, -0.2) is 9.91 Å². The van der Waals surface area contributed by atoms with Crippen molar-refractivity contribution in [3.8, 4) is 5.75 Å². The summed E-state index contributed by atoms with van der Waals surface area (Å²) in [6, 6.07) is 20.5. The van der Waals surface area contributed by atoms with Gasteiger partial charge in [0.25, 0.3) is 17.7 Å². The Morgan fingerprint density at radius 3 is 2.18 bits per heavy atom. The first kappa shape index (κ1) is 22.7. The van der Waals surface area contributed by atoms with E-state index in [1.54, 1.807) is 78.9 Å². The number of aryl methyl sites for hydroxylation is 1. The summed E-state index contributed by atoms with van der Waals surface area (Å²) in [5.74, 6) is -1.96. The van der Waals surface area contributed by atoms with Gasteiger partial charge in [0, 0.05) is 11.1 Å². The Morgan fingerprint density at radius 1 is 0.941 bits per heavy atom. The zero-order chi connectivity index (χ0) is 24.2. The number of methoxy groups -OCH3 is 1. The standard InChI is InChI=1S/C26H23N3O5/c1-17-13-14-22(34-2)20(15-17)28-23(30)16-21(26(28)33)29(25(32)19-11-7-4-8-12-19)27-24(31)18-9-5-3-6-10-18/h3-15,21H,16H2,1-2H3,(H,27,31). The zero-order valence-corrected chi connectivity index (χ0v) is 18.7. The molecule has 4 amide bonds. The third kappa shape index (κ3) is 4.38. The van der Waals surface area contributed by atoms with E-state index in [0.717, 1.165) is 15.5 Å². The normalized spacial score (nSPS) is 15.2. The fraction of sp³-hybridized carbons (Fsp3) is 0.154. The number of hydrogen-bond donors (Lipinski definition) is 1. The molecule has 1 atom stereocenters. The molecule has 1 saturated heterocycles. The van der Waals surface area contributed by atoms with Gasteiger partial charge in [-0.2, -0.15) is 0 Å². The Bertz CT molecular complexity index is 1240. The largest absolute Gasteiger partial charge is 0.495 e. The van der Waals surface area contributed by atoms with Crippen molar-refractivity contribution < 1.29 is 23.9 Å². The number of rotatable bonds is 5. The molecule has 1 fully saturated rings. The number of ether oxygens (including phenoxy) is 1. The Morgan fingerprint density at radius 2 is 1.56 bits per heavy atom. The lowest BCUT2D eigenvalue weighted by Gasteiger charge is -2.28. The number of hydrogen-bond acceptors (Lipinski definition) is 5. The molecule has 3 aromatic carbocycles. The third-order valence-corrected chi connectivity index (χ3v) is 5.51. The van der Waals surface area contributed by atoms with Crippen LogP contribution in [0.2, 0.25) is 0 Å². The lowest BCUT2D eigenvalue weighted by Crippen LogP contribution is -2.54. The second-order valence-corrected chi connectivity index (χ2v) is 7.81. The molecule has 1 heterocycles. The molecule has 0 aliphatic carbocycles. The van der Waals surface area contributed by atoms with Gasteiger partial charge in [0.15, 0.2) is 0 Å². The average molecular weight is 457 g/mol. The van der Waals surface area contributed by atoms with Crippen LogP contribution < -0.4 is 15.1 Å². The highest BCUT2D eigenvalue weighted by Crippen LogP contribution is 2.34. The maximum atomic E-state index is 13.5. The quantitative estimate of drug-likeness (QED) is 0.469. The summed E-state index contributed by atoms with van der Waals surface area (Å²) in [6.07, 6.45) is -0.288. The molecule has 0 aromatic heterocycles. The van der Waals surface area contributed by atoms with Gasteiger partial charge in [-0.15, -0.1) is 0 Å². The van der Waals surface area contributed by atoms with E-state index >= 15 is 0 Å². The molecule has 1 aliphatic heterocycles. The van der Waals surface area contributed by atoms with Crippen molar-refractivity contribution in [2.45, 2.75) is 19.4 Å². The number of nitrogens with one attached hydrogen (secondary N) is 1. The lowest BCUT2D eigenvalue weighted by molar-refractivity contribution is -0.122. The van der Waals surface area contributed by atoms with Crippen molar-refractivity contribution in [3.05, 3.63) is 95.6 Å². The van der Waals surface area contributed by atoms with E-state index in [1.165, 1.54) is 7.11 Å². The maximum absolute atomic E-state index is 13.5. The van der Waals surface area contributed by atoms with E-state index in [1.807, 2.05) is 6.92 Å². The molecule has 0 radical (unpaired) electrons. The van der Waals surface area contributed by atoms with Crippen LogP contribution in [0.25, 0.3) is 0 Å². The summed E-state index contributed by atoms with van der Waals surface area (Å²) < 4.78 is 5.35. The van der Waals surface area contributed by atoms with Crippen molar-refractivity contribution in [3.63, 3.8) is 0 Å². The first-order chi connectivity index (χ1) is 16.4. The van der Waals surface area contributed by atoms with E-state index in [2.05, 4.69) is 5.43 Å². The van der Waals surface area contributed by atoms with Crippen molar-refractivity contribution in [2.75, 3.05) is 12.0 Å². The molecule has 3 aromatic rings. The summed E-state index contributed by atoms with van der Waals surface area (Å²) in [4.78, 5) is 53.8. The minimum Gasteiger partial charge on any atom is -0.495 e. The SMILES string of the molecule is COc1ccc(C)cc1N1C(=O)CC(N(NC(=O)c2ccccc2)C(=O)c2ccccc2)C1=O. The second-order valence-electron chi connectivity index (χ2n) is 7.81. The van der Waals surface area contributed by atoms with Crippen molar-refractivity contribution >= 4 is 29.3 Å². The van der Waals surface area contributed by atoms with Crippen LogP contribution in [0.15, 0.2) is 78.9 Å². The smallest absolute Gasteiger partial charge is 0.273 e. The monoisotopic (exact) mass is 457 g/mol. The zero-order valence-electron chi connectivity index (χ0n) is 18.7. The van der Waals surface area contributed by atoms with Crippen molar-refractivity contribution in [2.24, 2.45) is 0 Å². The highest BCUT2D eigenvalue weighted by molar-refractivity contribution is 6.24. The summed E-state index contributed by atoms with van der Waals surface area (Å²) in [7, 11) is 1.45. The van der Waals surface area contributed by atoms with E-state index in [0.29, 0.717) is 17.0 Å². The second kappa shape index (κ2) is 9.58. The Hall–Kier alpha value is -4.46. The predicted octanol–water partition coefficient (Wildman–Crippen LogP) is 3.12. The highest BCUT2D eigenvalue weighted by Gasteiger charge is 2.46. The number of anilines is 1. The van der Waals surface area contributed by atoms with Gasteiger partial charge in [-0.3, -0.25) is 24.6 Å². The van der Waals surface area contributed by atoms with Crippen LogP contribution in [0.1, 0.15) is 32.7 Å². The van der Waals surface area contributed by atoms with Gasteiger partial charge in [-0.1, -0.05) is 42.5 Å². The molecule has 1 N–H and O–H groups in total. The number of benzene rings is 3. The minimum atomic E-state index is -1.22. The predicted molar refractivity (Wildman–Crippen MR) is 125 cm³/mol. The van der Waals surface area contributed by atoms with Crippen LogP contribution in [-0.4, -0.2) is 41.8 Å². The first-order valence-electron chi connectivity index (χ1n) is 10.7. The van der Waals surface area contributed by atoms with Crippen molar-refractivity contribution in [1.29, 1.82) is 0 Å². The topological polar surface area (TPSA) is 96.0 Å². The number of nitrogens with zero attached hydrogens (tertiary/aromatic N) is 2. The molecule has 172 valence electrons. The number of hydrazine groups is 1. The summed E-state index contributed by atoms with van der Waals surface area (Å²) >= 11 is 0. The molecule has 1 unspecified atom stereocenters. The van der Waals surface area contributed by atoms with Gasteiger partial charge in [-0.05, 0) is 48.9 Å². The van der Waals surface area contributed by atoms with Crippen molar-refractivity contribution in [1.82, 2.24) is 10.4 Å². The molecule has 0 bridgehead atoms. The Labute approximate surface area is 196 Å². The molecular formula is C26H23N3O5. The van der Waals surface area contributed by atoms with E-state index in [4.69, 9.17) is 4.74 Å². The Balaban J connectivity index is 1.71. The molecule has 1 aliphatic rings. The molecule has 0 spiro atoms. The van der Waals surface area contributed by atoms with Crippen LogP contribution in [-0.2, 0) is 9.59 Å². The molecular weight excluding hydrogens is 434 g/mol. The number of carbonyl (C=O) groups is 4. The van der Waals surface area contributed by atoms with E-state index in [-0.39, 0.29) is 12.0 Å². The Kier molecular flexibility index (Phi) is 6.40. The summed E-state index contributed by atoms with van der Waals surface area (Å²) in [5, 5.41) is 0.952. The minimum absolute atomic E-state index is 0.266. The van der Waals surface area contributed by atoms with Crippen LogP contribution in [0, 0.1) is 6.92 Å². The third-order valence-electron chi connectivity index (χ3n) is 5.51. The maximum Gasteiger partial charge on any atom is 0.273 e. The van der Waals surface area contributed by atoms with Crippen LogP contribution in [0.5, 0.6) is 5.75 Å². The molecule has 0 saturated carbocycles. The van der Waals surface area contributed by atoms with Gasteiger partial charge in [0.2, 0.25) is 5.91 Å². The fourth-order valence-electron chi connectivity index (χ4n) is 3.80. The van der Waals surface area contributed by atoms with E-state index in [9.17, 15) is 19.2 Å². The van der Waals surface area contributed by atoms with Crippen LogP contribution in [0.4, 0.5) is 5.69 Å². The van der Waals surface area contributed by atoms with E-state index < -0.39 is 29.7 Å². The average Bonchev–Trinajstić information content (AvgIpc) is 3.16. The highest BCUT2D eigenvalue weighted by atomic mass is 16.5. The lowest BCUT2D eigenvalue weighted by atomic mass is 10.1. The van der Waals surface area contributed by atoms with Gasteiger partial charge in [0.05, 0.1) is 19.2 Å².